The van der Waals surface area contributed by atoms with Crippen molar-refractivity contribution >= 4 is 15.0 Å². The standard InChI is InChI=1S/C5H13NSe/c1-2-7-5-3-4-6/h2-6H2,1H3. The Balaban J connectivity index is 2.45. The van der Waals surface area contributed by atoms with E-state index in [0.29, 0.717) is 0 Å². The Hall–Kier alpha value is 0.479. The number of nitrogens with two attached hydrogens (primary N) is 1. The summed E-state index contributed by atoms with van der Waals surface area (Å²) in [6.07, 6.45) is 1.23. The molecule has 0 bridgehead atoms. The first-order chi connectivity index (χ1) is 3.41. The molecule has 0 aliphatic rings. The van der Waals surface area contributed by atoms with Crippen LogP contribution in [0, 0.1) is 0 Å². The normalized spacial score (nSPS) is 9.43. The van der Waals surface area contributed by atoms with Crippen molar-refractivity contribution in [3.8, 4) is 0 Å². The fourth-order valence-corrected chi connectivity index (χ4v) is 1.71. The first kappa shape index (κ1) is 7.48. The van der Waals surface area contributed by atoms with E-state index in [1.807, 2.05) is 0 Å². The SMILES string of the molecule is CC[Se]CCCN. The molecule has 0 spiro atoms. The van der Waals surface area contributed by atoms with E-state index >= 15 is 0 Å². The second-order valence-corrected chi connectivity index (χ2v) is 4.26. The van der Waals surface area contributed by atoms with Crippen LogP contribution in [0.1, 0.15) is 13.3 Å². The minimum absolute atomic E-state index is 0.877. The molecule has 0 aromatic rings. The Morgan fingerprint density at radius 2 is 2.29 bits per heavy atom. The average molecular weight is 166 g/mol. The minimum atomic E-state index is 0.877. The van der Waals surface area contributed by atoms with Crippen molar-refractivity contribution in [1.82, 2.24) is 0 Å². The van der Waals surface area contributed by atoms with Gasteiger partial charge in [0.1, 0.15) is 0 Å². The summed E-state index contributed by atoms with van der Waals surface area (Å²) < 4.78 is 0. The molecule has 2 heteroatoms. The number of rotatable bonds is 4. The summed E-state index contributed by atoms with van der Waals surface area (Å²) in [5.74, 6) is 0. The summed E-state index contributed by atoms with van der Waals surface area (Å²) in [4.78, 5) is 0. The van der Waals surface area contributed by atoms with E-state index in [-0.39, 0.29) is 0 Å². The Morgan fingerprint density at radius 3 is 2.71 bits per heavy atom. The maximum atomic E-state index is 5.28. The van der Waals surface area contributed by atoms with Gasteiger partial charge in [0, 0.05) is 0 Å². The molecule has 1 nitrogen and oxygen atoms in total. The summed E-state index contributed by atoms with van der Waals surface area (Å²) in [7, 11) is 0. The van der Waals surface area contributed by atoms with E-state index in [1.54, 1.807) is 0 Å². The van der Waals surface area contributed by atoms with E-state index in [9.17, 15) is 0 Å². The molecule has 0 amide bonds. The third-order valence-corrected chi connectivity index (χ3v) is 2.76. The van der Waals surface area contributed by atoms with E-state index in [4.69, 9.17) is 5.73 Å². The van der Waals surface area contributed by atoms with Crippen molar-refractivity contribution in [2.45, 2.75) is 24.0 Å². The van der Waals surface area contributed by atoms with Gasteiger partial charge in [-0.1, -0.05) is 0 Å². The number of hydrogen-bond donors (Lipinski definition) is 1. The molecule has 0 atom stereocenters. The van der Waals surface area contributed by atoms with Crippen molar-refractivity contribution < 1.29 is 0 Å². The molecule has 0 saturated carbocycles. The molecule has 0 aliphatic carbocycles. The predicted molar refractivity (Wildman–Crippen MR) is 34.7 cm³/mol. The molecule has 0 radical (unpaired) electrons. The summed E-state index contributed by atoms with van der Waals surface area (Å²) in [5.41, 5.74) is 5.28. The second kappa shape index (κ2) is 6.48. The van der Waals surface area contributed by atoms with Crippen LogP contribution < -0.4 is 5.73 Å². The second-order valence-electron chi connectivity index (χ2n) is 1.34. The van der Waals surface area contributed by atoms with E-state index in [0.717, 1.165) is 21.5 Å². The average Bonchev–Trinajstić information content (AvgIpc) is 1.69. The van der Waals surface area contributed by atoms with Crippen molar-refractivity contribution in [3.63, 3.8) is 0 Å². The summed E-state index contributed by atoms with van der Waals surface area (Å²) in [5, 5.41) is 2.74. The van der Waals surface area contributed by atoms with Gasteiger partial charge in [-0.25, -0.2) is 0 Å². The molecular weight excluding hydrogens is 153 g/mol. The molecule has 0 aromatic carbocycles. The van der Waals surface area contributed by atoms with Crippen LogP contribution in [-0.2, 0) is 0 Å². The Kier molecular flexibility index (Phi) is 6.92. The van der Waals surface area contributed by atoms with Gasteiger partial charge >= 0.3 is 51.2 Å². The van der Waals surface area contributed by atoms with Crippen LogP contribution in [0.5, 0.6) is 0 Å². The van der Waals surface area contributed by atoms with Gasteiger partial charge in [0.25, 0.3) is 0 Å². The van der Waals surface area contributed by atoms with Gasteiger partial charge in [-0.05, 0) is 0 Å². The molecule has 0 aromatic heterocycles. The molecule has 0 unspecified atom stereocenters. The molecule has 2 N–H and O–H groups in total. The third kappa shape index (κ3) is 6.48. The number of hydrogen-bond acceptors (Lipinski definition) is 1. The van der Waals surface area contributed by atoms with Crippen molar-refractivity contribution in [2.75, 3.05) is 6.54 Å². The fraction of sp³-hybridized carbons (Fsp3) is 1.00. The Bertz CT molecular complexity index is 27.3. The van der Waals surface area contributed by atoms with Crippen LogP contribution in [0.25, 0.3) is 0 Å². The first-order valence-corrected chi connectivity index (χ1v) is 5.12. The van der Waals surface area contributed by atoms with Gasteiger partial charge in [0.15, 0.2) is 0 Å². The Labute approximate surface area is 51.8 Å². The summed E-state index contributed by atoms with van der Waals surface area (Å²) in [6.45, 7) is 3.11. The van der Waals surface area contributed by atoms with Gasteiger partial charge in [0.2, 0.25) is 0 Å². The van der Waals surface area contributed by atoms with Crippen LogP contribution in [-0.4, -0.2) is 21.5 Å². The zero-order valence-electron chi connectivity index (χ0n) is 4.81. The maximum absolute atomic E-state index is 5.28. The van der Waals surface area contributed by atoms with Gasteiger partial charge in [-0.3, -0.25) is 0 Å². The van der Waals surface area contributed by atoms with Gasteiger partial charge in [-0.2, -0.15) is 0 Å². The monoisotopic (exact) mass is 167 g/mol. The van der Waals surface area contributed by atoms with E-state index in [1.165, 1.54) is 17.1 Å². The van der Waals surface area contributed by atoms with Gasteiger partial charge in [0.05, 0.1) is 0 Å². The van der Waals surface area contributed by atoms with E-state index < -0.39 is 0 Å². The first-order valence-electron chi connectivity index (χ1n) is 2.69. The molecule has 0 heterocycles. The van der Waals surface area contributed by atoms with Crippen LogP contribution in [0.3, 0.4) is 0 Å². The zero-order chi connectivity index (χ0) is 5.54. The van der Waals surface area contributed by atoms with Crippen LogP contribution in [0.15, 0.2) is 0 Å². The molecular formula is C5H13NSe. The fourth-order valence-electron chi connectivity index (χ4n) is 0.330. The van der Waals surface area contributed by atoms with Gasteiger partial charge in [-0.15, -0.1) is 0 Å². The zero-order valence-corrected chi connectivity index (χ0v) is 6.53. The summed E-state index contributed by atoms with van der Waals surface area (Å²) >= 11 is 0.888. The van der Waals surface area contributed by atoms with E-state index in [2.05, 4.69) is 6.92 Å². The predicted octanol–water partition coefficient (Wildman–Crippen LogP) is 0.896. The molecule has 0 saturated heterocycles. The summed E-state index contributed by atoms with van der Waals surface area (Å²) in [6, 6.07) is 0. The quantitative estimate of drug-likeness (QED) is 0.487. The van der Waals surface area contributed by atoms with Gasteiger partial charge < -0.3 is 0 Å². The topological polar surface area (TPSA) is 26.0 Å². The van der Waals surface area contributed by atoms with Crippen LogP contribution in [0.2, 0.25) is 10.6 Å². The van der Waals surface area contributed by atoms with Crippen molar-refractivity contribution in [3.05, 3.63) is 0 Å². The van der Waals surface area contributed by atoms with Crippen molar-refractivity contribution in [2.24, 2.45) is 5.73 Å². The van der Waals surface area contributed by atoms with Crippen LogP contribution in [0.4, 0.5) is 0 Å². The van der Waals surface area contributed by atoms with Crippen LogP contribution >= 0.6 is 0 Å². The third-order valence-electron chi connectivity index (χ3n) is 0.697. The molecule has 7 heavy (non-hydrogen) atoms. The molecule has 0 rings (SSSR count). The molecule has 0 fully saturated rings. The van der Waals surface area contributed by atoms with Crippen molar-refractivity contribution in [1.29, 1.82) is 0 Å². The molecule has 44 valence electrons. The Morgan fingerprint density at radius 1 is 1.57 bits per heavy atom. The molecule has 0 aliphatic heterocycles.